The second kappa shape index (κ2) is 13.4. The number of piperidine rings is 1. The Labute approximate surface area is 256 Å². The predicted molar refractivity (Wildman–Crippen MR) is 165 cm³/mol. The maximum atomic E-state index is 14.1. The number of imidazole rings is 1. The number of halogens is 2. The quantitative estimate of drug-likeness (QED) is 0.207. The average molecular weight is 604 g/mol. The lowest BCUT2D eigenvalue weighted by molar-refractivity contribution is 0.0697. The standard InChI is InChI=1S/C33H35ClFN5O3/c1-22-7-8-25(33(41)42)15-31(22)40(19-28-18-38(3)21-36-28)23(2)17-39-13-11-24(12-14-39)30-5-4-6-32(37-30)43-20-26-9-10-27(34)16-29(26)35/h4-10,15-16,18,21,24H,2,11-14,17,19-20H2,1,3H3,(H,41,42). The minimum Gasteiger partial charge on any atom is -0.478 e. The largest absolute Gasteiger partial charge is 0.478 e. The molecule has 3 heterocycles. The number of benzene rings is 2. The smallest absolute Gasteiger partial charge is 0.335 e. The van der Waals surface area contributed by atoms with E-state index in [4.69, 9.17) is 21.3 Å². The van der Waals surface area contributed by atoms with E-state index in [0.717, 1.165) is 54.3 Å². The minimum absolute atomic E-state index is 0.0733. The third kappa shape index (κ3) is 7.60. The van der Waals surface area contributed by atoms with Crippen molar-refractivity contribution >= 4 is 23.3 Å². The zero-order valence-electron chi connectivity index (χ0n) is 24.3. The summed E-state index contributed by atoms with van der Waals surface area (Å²) in [5.74, 6) is -0.626. The zero-order valence-corrected chi connectivity index (χ0v) is 25.1. The number of rotatable bonds is 11. The van der Waals surface area contributed by atoms with Crippen LogP contribution in [0.25, 0.3) is 0 Å². The molecule has 1 saturated heterocycles. The molecule has 1 aliphatic heterocycles. The molecule has 1 aliphatic rings. The van der Waals surface area contributed by atoms with Crippen molar-refractivity contribution in [3.05, 3.63) is 118 Å². The van der Waals surface area contributed by atoms with Crippen LogP contribution in [0.15, 0.2) is 79.4 Å². The van der Waals surface area contributed by atoms with Gasteiger partial charge in [0.15, 0.2) is 0 Å². The second-order valence-corrected chi connectivity index (χ2v) is 11.4. The molecule has 4 aromatic rings. The Morgan fingerprint density at radius 2 is 1.98 bits per heavy atom. The summed E-state index contributed by atoms with van der Waals surface area (Å²) in [6.45, 7) is 9.32. The molecule has 5 rings (SSSR count). The molecule has 0 aliphatic carbocycles. The number of carboxylic acid groups (broad SMARTS) is 1. The van der Waals surface area contributed by atoms with Gasteiger partial charge in [-0.2, -0.15) is 0 Å². The van der Waals surface area contributed by atoms with Crippen LogP contribution in [-0.4, -0.2) is 50.1 Å². The number of aromatic nitrogens is 3. The number of hydrogen-bond donors (Lipinski definition) is 1. The van der Waals surface area contributed by atoms with Gasteiger partial charge in [0.1, 0.15) is 12.4 Å². The van der Waals surface area contributed by atoms with Crippen molar-refractivity contribution in [3.8, 4) is 5.88 Å². The molecule has 0 spiro atoms. The molecule has 1 fully saturated rings. The van der Waals surface area contributed by atoms with Crippen LogP contribution in [0, 0.1) is 12.7 Å². The van der Waals surface area contributed by atoms with E-state index >= 15 is 0 Å². The molecular formula is C33H35ClFN5O3. The number of pyridine rings is 1. The summed E-state index contributed by atoms with van der Waals surface area (Å²) in [4.78, 5) is 25.4. The van der Waals surface area contributed by atoms with Crippen LogP contribution >= 0.6 is 11.6 Å². The Kier molecular flexibility index (Phi) is 9.43. The van der Waals surface area contributed by atoms with Gasteiger partial charge in [-0.15, -0.1) is 0 Å². The molecule has 2 aromatic carbocycles. The number of carbonyl (C=O) groups is 1. The number of hydrogen-bond acceptors (Lipinski definition) is 6. The van der Waals surface area contributed by atoms with Crippen LogP contribution < -0.4 is 9.64 Å². The van der Waals surface area contributed by atoms with Crippen molar-refractivity contribution in [3.63, 3.8) is 0 Å². The van der Waals surface area contributed by atoms with Crippen molar-refractivity contribution in [2.75, 3.05) is 24.5 Å². The highest BCUT2D eigenvalue weighted by atomic mass is 35.5. The Morgan fingerprint density at radius 1 is 1.19 bits per heavy atom. The number of ether oxygens (including phenoxy) is 1. The molecule has 2 aromatic heterocycles. The highest BCUT2D eigenvalue weighted by molar-refractivity contribution is 6.30. The van der Waals surface area contributed by atoms with Crippen LogP contribution in [0.4, 0.5) is 10.1 Å². The highest BCUT2D eigenvalue weighted by Crippen LogP contribution is 2.31. The molecule has 224 valence electrons. The molecule has 8 nitrogen and oxygen atoms in total. The molecule has 0 atom stereocenters. The van der Waals surface area contributed by atoms with Crippen molar-refractivity contribution in [2.24, 2.45) is 7.05 Å². The Balaban J connectivity index is 1.23. The summed E-state index contributed by atoms with van der Waals surface area (Å²) in [5, 5.41) is 9.96. The van der Waals surface area contributed by atoms with E-state index in [1.165, 1.54) is 6.07 Å². The van der Waals surface area contributed by atoms with Gasteiger partial charge in [0.05, 0.1) is 24.1 Å². The molecule has 0 amide bonds. The van der Waals surface area contributed by atoms with Crippen LogP contribution in [0.1, 0.15) is 51.6 Å². The van der Waals surface area contributed by atoms with Crippen LogP contribution in [0.3, 0.4) is 0 Å². The fourth-order valence-electron chi connectivity index (χ4n) is 5.37. The predicted octanol–water partition coefficient (Wildman–Crippen LogP) is 6.59. The molecule has 0 radical (unpaired) electrons. The van der Waals surface area contributed by atoms with Crippen LogP contribution in [0.2, 0.25) is 5.02 Å². The molecule has 0 unspecified atom stereocenters. The lowest BCUT2D eigenvalue weighted by Crippen LogP contribution is -2.38. The van der Waals surface area contributed by atoms with Gasteiger partial charge >= 0.3 is 5.97 Å². The van der Waals surface area contributed by atoms with Gasteiger partial charge in [-0.25, -0.2) is 19.2 Å². The van der Waals surface area contributed by atoms with Crippen LogP contribution in [0.5, 0.6) is 5.88 Å². The topological polar surface area (TPSA) is 83.7 Å². The van der Waals surface area contributed by atoms with Gasteiger partial charge in [0, 0.05) is 59.4 Å². The summed E-state index contributed by atoms with van der Waals surface area (Å²) >= 11 is 5.85. The SMILES string of the molecule is C=C(CN1CCC(c2cccc(OCc3ccc(Cl)cc3F)n2)CC1)N(Cc1cn(C)cn1)c1cc(C(=O)O)ccc1C. The van der Waals surface area contributed by atoms with Gasteiger partial charge < -0.3 is 19.3 Å². The molecule has 0 saturated carbocycles. The van der Waals surface area contributed by atoms with E-state index in [1.807, 2.05) is 42.9 Å². The van der Waals surface area contributed by atoms with E-state index in [9.17, 15) is 14.3 Å². The second-order valence-electron chi connectivity index (χ2n) is 11.0. The number of nitrogens with zero attached hydrogens (tertiary/aromatic N) is 5. The Hall–Kier alpha value is -4.21. The zero-order chi connectivity index (χ0) is 30.5. The molecular weight excluding hydrogens is 569 g/mol. The number of aryl methyl sites for hydroxylation is 2. The van der Waals surface area contributed by atoms with Crippen molar-refractivity contribution < 1.29 is 19.0 Å². The average Bonchev–Trinajstić information content (AvgIpc) is 3.40. The number of carboxylic acids is 1. The van der Waals surface area contributed by atoms with Crippen LogP contribution in [-0.2, 0) is 20.2 Å². The number of anilines is 1. The summed E-state index contributed by atoms with van der Waals surface area (Å²) in [6.07, 6.45) is 5.55. The highest BCUT2D eigenvalue weighted by Gasteiger charge is 2.25. The third-order valence-corrected chi connectivity index (χ3v) is 7.99. The van der Waals surface area contributed by atoms with Crippen molar-refractivity contribution in [2.45, 2.75) is 38.8 Å². The minimum atomic E-state index is -0.966. The molecule has 43 heavy (non-hydrogen) atoms. The fourth-order valence-corrected chi connectivity index (χ4v) is 5.53. The number of aromatic carboxylic acids is 1. The normalized spacial score (nSPS) is 14.0. The lowest BCUT2D eigenvalue weighted by Gasteiger charge is -2.35. The third-order valence-electron chi connectivity index (χ3n) is 7.75. The van der Waals surface area contributed by atoms with Gasteiger partial charge in [-0.1, -0.05) is 36.4 Å². The molecule has 1 N–H and O–H groups in total. The fraction of sp³-hybridized carbons (Fsp3) is 0.303. The monoisotopic (exact) mass is 603 g/mol. The van der Waals surface area contributed by atoms with E-state index in [1.54, 1.807) is 36.7 Å². The van der Waals surface area contributed by atoms with Gasteiger partial charge in [-0.05, 0) is 68.8 Å². The van der Waals surface area contributed by atoms with E-state index in [-0.39, 0.29) is 18.1 Å². The summed E-state index contributed by atoms with van der Waals surface area (Å²) in [7, 11) is 1.92. The maximum Gasteiger partial charge on any atom is 0.335 e. The summed E-state index contributed by atoms with van der Waals surface area (Å²) in [6, 6.07) is 15.4. The first-order chi connectivity index (χ1) is 20.7. The summed E-state index contributed by atoms with van der Waals surface area (Å²) < 4.78 is 21.8. The first-order valence-corrected chi connectivity index (χ1v) is 14.6. The van der Waals surface area contributed by atoms with E-state index < -0.39 is 11.8 Å². The van der Waals surface area contributed by atoms with Gasteiger partial charge in [-0.3, -0.25) is 4.90 Å². The van der Waals surface area contributed by atoms with E-state index in [2.05, 4.69) is 21.4 Å². The summed E-state index contributed by atoms with van der Waals surface area (Å²) in [5.41, 5.74) is 5.14. The number of likely N-dealkylation sites (tertiary alicyclic amines) is 1. The van der Waals surface area contributed by atoms with Gasteiger partial charge in [0.2, 0.25) is 5.88 Å². The Morgan fingerprint density at radius 3 is 2.67 bits per heavy atom. The van der Waals surface area contributed by atoms with Crippen molar-refractivity contribution in [1.29, 1.82) is 0 Å². The van der Waals surface area contributed by atoms with Crippen molar-refractivity contribution in [1.82, 2.24) is 19.4 Å². The van der Waals surface area contributed by atoms with E-state index in [0.29, 0.717) is 29.6 Å². The first-order valence-electron chi connectivity index (χ1n) is 14.2. The lowest BCUT2D eigenvalue weighted by atomic mass is 9.93. The molecule has 0 bridgehead atoms. The van der Waals surface area contributed by atoms with Gasteiger partial charge in [0.25, 0.3) is 0 Å². The Bertz CT molecular complexity index is 1620. The first kappa shape index (κ1) is 30.3. The maximum absolute atomic E-state index is 14.1. The molecule has 10 heteroatoms.